The van der Waals surface area contributed by atoms with E-state index < -0.39 is 12.0 Å². The SMILES string of the molecule is COC(=O)CC1C(=O)NCCN1C(=O)Cc1ccc(C)cc1. The minimum absolute atomic E-state index is 0.123. The van der Waals surface area contributed by atoms with Gasteiger partial charge in [-0.05, 0) is 12.5 Å². The summed E-state index contributed by atoms with van der Waals surface area (Å²) in [4.78, 5) is 37.3. The summed E-state index contributed by atoms with van der Waals surface area (Å²) in [6.45, 7) is 2.78. The lowest BCUT2D eigenvalue weighted by Gasteiger charge is -2.34. The lowest BCUT2D eigenvalue weighted by Crippen LogP contribution is -2.58. The number of benzene rings is 1. The first-order valence-corrected chi connectivity index (χ1v) is 7.21. The van der Waals surface area contributed by atoms with Gasteiger partial charge < -0.3 is 15.0 Å². The third-order valence-corrected chi connectivity index (χ3v) is 3.71. The van der Waals surface area contributed by atoms with Gasteiger partial charge in [-0.25, -0.2) is 0 Å². The van der Waals surface area contributed by atoms with Crippen LogP contribution < -0.4 is 5.32 Å². The number of aryl methyl sites for hydroxylation is 1. The highest BCUT2D eigenvalue weighted by molar-refractivity contribution is 5.92. The number of hydrogen-bond donors (Lipinski definition) is 1. The molecule has 1 aliphatic rings. The molecule has 0 radical (unpaired) electrons. The molecule has 1 N–H and O–H groups in total. The Morgan fingerprint density at radius 3 is 2.64 bits per heavy atom. The second kappa shape index (κ2) is 7.06. The molecular weight excluding hydrogens is 284 g/mol. The Labute approximate surface area is 129 Å². The maximum atomic E-state index is 12.5. The van der Waals surface area contributed by atoms with Crippen molar-refractivity contribution in [3.8, 4) is 0 Å². The van der Waals surface area contributed by atoms with E-state index in [0.29, 0.717) is 13.1 Å². The van der Waals surface area contributed by atoms with E-state index in [-0.39, 0.29) is 24.7 Å². The lowest BCUT2D eigenvalue weighted by atomic mass is 10.1. The smallest absolute Gasteiger partial charge is 0.308 e. The van der Waals surface area contributed by atoms with Crippen molar-refractivity contribution in [1.29, 1.82) is 0 Å². The number of nitrogens with one attached hydrogen (secondary N) is 1. The van der Waals surface area contributed by atoms with Crippen molar-refractivity contribution in [3.63, 3.8) is 0 Å². The van der Waals surface area contributed by atoms with Gasteiger partial charge in [0.05, 0.1) is 20.0 Å². The fourth-order valence-electron chi connectivity index (χ4n) is 2.44. The third-order valence-electron chi connectivity index (χ3n) is 3.71. The molecule has 1 aliphatic heterocycles. The molecule has 1 atom stereocenters. The maximum absolute atomic E-state index is 12.5. The molecule has 6 heteroatoms. The van der Waals surface area contributed by atoms with E-state index in [2.05, 4.69) is 10.1 Å². The van der Waals surface area contributed by atoms with Crippen LogP contribution >= 0.6 is 0 Å². The first-order chi connectivity index (χ1) is 10.5. The quantitative estimate of drug-likeness (QED) is 0.818. The van der Waals surface area contributed by atoms with Crippen molar-refractivity contribution in [2.24, 2.45) is 0 Å². The molecule has 2 amide bonds. The number of methoxy groups -OCH3 is 1. The van der Waals surface area contributed by atoms with Crippen molar-refractivity contribution in [1.82, 2.24) is 10.2 Å². The molecule has 22 heavy (non-hydrogen) atoms. The molecule has 0 spiro atoms. The van der Waals surface area contributed by atoms with E-state index >= 15 is 0 Å². The Morgan fingerprint density at radius 2 is 2.00 bits per heavy atom. The van der Waals surface area contributed by atoms with Gasteiger partial charge in [-0.3, -0.25) is 14.4 Å². The predicted molar refractivity (Wildman–Crippen MR) is 80.0 cm³/mol. The lowest BCUT2D eigenvalue weighted by molar-refractivity contribution is -0.150. The standard InChI is InChI=1S/C16H20N2O4/c1-11-3-5-12(6-4-11)9-14(19)18-8-7-17-16(21)13(18)10-15(20)22-2/h3-6,13H,7-10H2,1-2H3,(H,17,21). The molecule has 1 aromatic rings. The molecule has 0 aliphatic carbocycles. The number of nitrogens with zero attached hydrogens (tertiary/aromatic N) is 1. The topological polar surface area (TPSA) is 75.7 Å². The van der Waals surface area contributed by atoms with E-state index in [1.165, 1.54) is 12.0 Å². The van der Waals surface area contributed by atoms with Gasteiger partial charge >= 0.3 is 5.97 Å². The molecule has 2 rings (SSSR count). The number of ether oxygens (including phenoxy) is 1. The van der Waals surface area contributed by atoms with Crippen LogP contribution in [-0.4, -0.2) is 48.9 Å². The summed E-state index contributed by atoms with van der Waals surface area (Å²) in [6, 6.07) is 6.88. The first-order valence-electron chi connectivity index (χ1n) is 7.21. The molecule has 6 nitrogen and oxygen atoms in total. The Balaban J connectivity index is 2.09. The molecule has 118 valence electrons. The van der Waals surface area contributed by atoms with Crippen LogP contribution in [-0.2, 0) is 25.5 Å². The largest absolute Gasteiger partial charge is 0.469 e. The van der Waals surface area contributed by atoms with Crippen LogP contribution in [0, 0.1) is 6.92 Å². The molecule has 1 aromatic carbocycles. The van der Waals surface area contributed by atoms with E-state index in [9.17, 15) is 14.4 Å². The predicted octanol–water partition coefficient (Wildman–Crippen LogP) is 0.428. The van der Waals surface area contributed by atoms with Crippen molar-refractivity contribution < 1.29 is 19.1 Å². The third kappa shape index (κ3) is 3.84. The second-order valence-electron chi connectivity index (χ2n) is 5.34. The van der Waals surface area contributed by atoms with Gasteiger partial charge in [0.1, 0.15) is 6.04 Å². The molecule has 0 saturated carbocycles. The number of rotatable bonds is 4. The van der Waals surface area contributed by atoms with Gasteiger partial charge in [0.2, 0.25) is 11.8 Å². The molecule has 1 unspecified atom stereocenters. The second-order valence-corrected chi connectivity index (χ2v) is 5.34. The summed E-state index contributed by atoms with van der Waals surface area (Å²) in [5, 5.41) is 2.68. The zero-order valence-electron chi connectivity index (χ0n) is 12.8. The van der Waals surface area contributed by atoms with Gasteiger partial charge in [-0.1, -0.05) is 29.8 Å². The number of carbonyl (C=O) groups excluding carboxylic acids is 3. The van der Waals surface area contributed by atoms with Crippen LogP contribution in [0.1, 0.15) is 17.5 Å². The van der Waals surface area contributed by atoms with Crippen LogP contribution in [0.3, 0.4) is 0 Å². The molecule has 0 aromatic heterocycles. The molecule has 1 saturated heterocycles. The van der Waals surface area contributed by atoms with Crippen molar-refractivity contribution in [2.75, 3.05) is 20.2 Å². The highest BCUT2D eigenvalue weighted by Gasteiger charge is 2.34. The highest BCUT2D eigenvalue weighted by Crippen LogP contribution is 2.13. The normalized spacial score (nSPS) is 17.8. The molecule has 1 heterocycles. The van der Waals surface area contributed by atoms with Gasteiger partial charge in [-0.2, -0.15) is 0 Å². The number of amides is 2. The van der Waals surface area contributed by atoms with Gasteiger partial charge in [0.15, 0.2) is 0 Å². The van der Waals surface area contributed by atoms with E-state index in [0.717, 1.165) is 11.1 Å². The Morgan fingerprint density at radius 1 is 1.32 bits per heavy atom. The van der Waals surface area contributed by atoms with Crippen molar-refractivity contribution in [2.45, 2.75) is 25.8 Å². The molecular formula is C16H20N2O4. The average Bonchev–Trinajstić information content (AvgIpc) is 2.51. The summed E-state index contributed by atoms with van der Waals surface area (Å²) in [5.41, 5.74) is 2.01. The zero-order valence-corrected chi connectivity index (χ0v) is 12.8. The molecule has 0 bridgehead atoms. The minimum atomic E-state index is -0.792. The summed E-state index contributed by atoms with van der Waals surface area (Å²) in [6.07, 6.45) is 0.0905. The maximum Gasteiger partial charge on any atom is 0.308 e. The van der Waals surface area contributed by atoms with Crippen LogP contribution in [0.2, 0.25) is 0 Å². The first kappa shape index (κ1) is 16.0. The Hall–Kier alpha value is -2.37. The van der Waals surface area contributed by atoms with Crippen molar-refractivity contribution in [3.05, 3.63) is 35.4 Å². The van der Waals surface area contributed by atoms with E-state index in [4.69, 9.17) is 0 Å². The van der Waals surface area contributed by atoms with Crippen LogP contribution in [0.5, 0.6) is 0 Å². The van der Waals surface area contributed by atoms with E-state index in [1.54, 1.807) is 0 Å². The van der Waals surface area contributed by atoms with Gasteiger partial charge in [-0.15, -0.1) is 0 Å². The number of esters is 1. The summed E-state index contributed by atoms with van der Waals surface area (Å²) >= 11 is 0. The van der Waals surface area contributed by atoms with E-state index in [1.807, 2.05) is 31.2 Å². The fourth-order valence-corrected chi connectivity index (χ4v) is 2.44. The summed E-state index contributed by atoms with van der Waals surface area (Å²) in [5.74, 6) is -0.975. The highest BCUT2D eigenvalue weighted by atomic mass is 16.5. The van der Waals surface area contributed by atoms with Gasteiger partial charge in [0.25, 0.3) is 0 Å². The van der Waals surface area contributed by atoms with Crippen molar-refractivity contribution >= 4 is 17.8 Å². The van der Waals surface area contributed by atoms with Crippen LogP contribution in [0.15, 0.2) is 24.3 Å². The number of carbonyl (C=O) groups is 3. The Bertz CT molecular complexity index is 568. The number of piperazine rings is 1. The average molecular weight is 304 g/mol. The molecule has 1 fully saturated rings. The fraction of sp³-hybridized carbons (Fsp3) is 0.438. The monoisotopic (exact) mass is 304 g/mol. The summed E-state index contributed by atoms with van der Waals surface area (Å²) < 4.78 is 4.60. The van der Waals surface area contributed by atoms with Gasteiger partial charge in [0, 0.05) is 13.1 Å². The summed E-state index contributed by atoms with van der Waals surface area (Å²) in [7, 11) is 1.27. The van der Waals surface area contributed by atoms with Crippen LogP contribution in [0.25, 0.3) is 0 Å². The zero-order chi connectivity index (χ0) is 16.1. The number of hydrogen-bond acceptors (Lipinski definition) is 4. The Kier molecular flexibility index (Phi) is 5.14. The van der Waals surface area contributed by atoms with Crippen LogP contribution in [0.4, 0.5) is 0 Å². The minimum Gasteiger partial charge on any atom is -0.469 e.